The van der Waals surface area contributed by atoms with Gasteiger partial charge in [-0.15, -0.1) is 0 Å². The molecule has 2 saturated carbocycles. The molecule has 2 atom stereocenters. The average molecular weight is 273 g/mol. The van der Waals surface area contributed by atoms with E-state index < -0.39 is 12.2 Å². The number of aliphatic hydroxyl groups is 2. The highest BCUT2D eigenvalue weighted by Crippen LogP contribution is 2.38. The molecule has 2 aliphatic rings. The first-order valence-electron chi connectivity index (χ1n) is 7.29. The number of rotatable bonds is 9. The van der Waals surface area contributed by atoms with Crippen molar-refractivity contribution in [2.45, 2.75) is 37.9 Å². The van der Waals surface area contributed by atoms with Crippen molar-refractivity contribution in [3.8, 4) is 0 Å². The molecule has 0 aromatic carbocycles. The molecule has 0 radical (unpaired) electrons. The minimum atomic E-state index is -0.617. The Kier molecular flexibility index (Phi) is 5.59. The average Bonchev–Trinajstić information content (AvgIpc) is 3.14. The number of hydrogen-bond acceptors (Lipinski definition) is 5. The lowest BCUT2D eigenvalue weighted by atomic mass is 9.86. The van der Waals surface area contributed by atoms with Gasteiger partial charge < -0.3 is 25.0 Å². The summed E-state index contributed by atoms with van der Waals surface area (Å²) < 4.78 is 10.6. The zero-order chi connectivity index (χ0) is 13.7. The van der Waals surface area contributed by atoms with Crippen LogP contribution in [0, 0.1) is 11.3 Å². The molecule has 112 valence electrons. The molecule has 0 spiro atoms. The summed E-state index contributed by atoms with van der Waals surface area (Å²) >= 11 is 0. The van der Waals surface area contributed by atoms with E-state index in [-0.39, 0.29) is 5.41 Å². The second-order valence-corrected chi connectivity index (χ2v) is 6.16. The highest BCUT2D eigenvalue weighted by molar-refractivity contribution is 4.96. The third kappa shape index (κ3) is 4.68. The van der Waals surface area contributed by atoms with Crippen LogP contribution in [0.1, 0.15) is 25.7 Å². The van der Waals surface area contributed by atoms with Gasteiger partial charge in [-0.1, -0.05) is 0 Å². The fraction of sp³-hybridized carbons (Fsp3) is 1.00. The molecule has 2 fully saturated rings. The van der Waals surface area contributed by atoms with E-state index in [9.17, 15) is 10.2 Å². The molecule has 0 bridgehead atoms. The molecule has 19 heavy (non-hydrogen) atoms. The molecular weight excluding hydrogens is 246 g/mol. The van der Waals surface area contributed by atoms with Crippen LogP contribution in [-0.4, -0.2) is 62.4 Å². The van der Waals surface area contributed by atoms with E-state index in [0.717, 1.165) is 19.0 Å². The van der Waals surface area contributed by atoms with Crippen molar-refractivity contribution in [2.75, 3.05) is 40.0 Å². The Hall–Kier alpha value is -0.200. The zero-order valence-electron chi connectivity index (χ0n) is 11.8. The van der Waals surface area contributed by atoms with E-state index in [4.69, 9.17) is 9.47 Å². The van der Waals surface area contributed by atoms with Crippen molar-refractivity contribution >= 4 is 0 Å². The molecule has 0 heterocycles. The van der Waals surface area contributed by atoms with Crippen LogP contribution in [-0.2, 0) is 9.47 Å². The summed E-state index contributed by atoms with van der Waals surface area (Å²) in [6.07, 6.45) is 2.64. The topological polar surface area (TPSA) is 71.0 Å². The second kappa shape index (κ2) is 6.99. The van der Waals surface area contributed by atoms with Gasteiger partial charge in [-0.3, -0.25) is 0 Å². The first-order chi connectivity index (χ1) is 9.15. The van der Waals surface area contributed by atoms with Gasteiger partial charge in [-0.25, -0.2) is 0 Å². The van der Waals surface area contributed by atoms with Crippen LogP contribution in [0.2, 0.25) is 0 Å². The fourth-order valence-electron chi connectivity index (χ4n) is 2.85. The Morgan fingerprint density at radius 3 is 2.42 bits per heavy atom. The monoisotopic (exact) mass is 273 g/mol. The van der Waals surface area contributed by atoms with Crippen LogP contribution in [0.3, 0.4) is 0 Å². The van der Waals surface area contributed by atoms with Gasteiger partial charge in [-0.2, -0.15) is 0 Å². The van der Waals surface area contributed by atoms with Gasteiger partial charge in [0.1, 0.15) is 0 Å². The van der Waals surface area contributed by atoms with Crippen molar-refractivity contribution < 1.29 is 19.7 Å². The smallest absolute Gasteiger partial charge is 0.0806 e. The minimum Gasteiger partial charge on any atom is -0.390 e. The summed E-state index contributed by atoms with van der Waals surface area (Å²) in [5.41, 5.74) is -0.137. The normalized spacial score (nSPS) is 34.9. The largest absolute Gasteiger partial charge is 0.390 e. The molecule has 5 heteroatoms. The first kappa shape index (κ1) is 15.2. The van der Waals surface area contributed by atoms with Crippen molar-refractivity contribution in [2.24, 2.45) is 11.3 Å². The van der Waals surface area contributed by atoms with Gasteiger partial charge >= 0.3 is 0 Å². The molecule has 0 amide bonds. The lowest BCUT2D eigenvalue weighted by molar-refractivity contribution is 0.0112. The van der Waals surface area contributed by atoms with Crippen LogP contribution in [0.25, 0.3) is 0 Å². The summed E-state index contributed by atoms with van der Waals surface area (Å²) in [7, 11) is 1.65. The van der Waals surface area contributed by atoms with E-state index in [2.05, 4.69) is 5.32 Å². The Balaban J connectivity index is 1.77. The Morgan fingerprint density at radius 1 is 1.16 bits per heavy atom. The molecule has 2 aliphatic carbocycles. The number of hydrogen-bond donors (Lipinski definition) is 3. The van der Waals surface area contributed by atoms with Crippen molar-refractivity contribution in [1.29, 1.82) is 0 Å². The van der Waals surface area contributed by atoms with Gasteiger partial charge in [0.15, 0.2) is 0 Å². The molecular formula is C14H27NO4. The van der Waals surface area contributed by atoms with Gasteiger partial charge in [-0.05, 0) is 38.1 Å². The maximum Gasteiger partial charge on any atom is 0.0806 e. The van der Waals surface area contributed by atoms with Crippen LogP contribution in [0.15, 0.2) is 0 Å². The number of nitrogens with one attached hydrogen (secondary N) is 1. The molecule has 2 rings (SSSR count). The van der Waals surface area contributed by atoms with Crippen molar-refractivity contribution in [3.05, 3.63) is 0 Å². The van der Waals surface area contributed by atoms with Crippen LogP contribution in [0.5, 0.6) is 0 Å². The first-order valence-corrected chi connectivity index (χ1v) is 7.29. The summed E-state index contributed by atoms with van der Waals surface area (Å²) in [4.78, 5) is 0. The quantitative estimate of drug-likeness (QED) is 0.522. The Bertz CT molecular complexity index is 260. The molecule has 3 N–H and O–H groups in total. The second-order valence-electron chi connectivity index (χ2n) is 6.16. The van der Waals surface area contributed by atoms with Gasteiger partial charge in [0.05, 0.1) is 32.0 Å². The van der Waals surface area contributed by atoms with Gasteiger partial charge in [0.25, 0.3) is 0 Å². The SMILES string of the molecule is COCCOCC1(CNCC2CC2)CC(O)C(O)C1. The predicted molar refractivity (Wildman–Crippen MR) is 72.0 cm³/mol. The minimum absolute atomic E-state index is 0.137. The summed E-state index contributed by atoms with van der Waals surface area (Å²) in [5.74, 6) is 0.836. The Morgan fingerprint density at radius 2 is 1.84 bits per heavy atom. The van der Waals surface area contributed by atoms with Crippen molar-refractivity contribution in [1.82, 2.24) is 5.32 Å². The van der Waals surface area contributed by atoms with E-state index in [1.54, 1.807) is 7.11 Å². The molecule has 0 aromatic heterocycles. The number of aliphatic hydroxyl groups excluding tert-OH is 2. The summed E-state index contributed by atoms with van der Waals surface area (Å²) in [6.45, 7) is 3.57. The van der Waals surface area contributed by atoms with Crippen LogP contribution >= 0.6 is 0 Å². The maximum absolute atomic E-state index is 9.80. The van der Waals surface area contributed by atoms with Crippen molar-refractivity contribution in [3.63, 3.8) is 0 Å². The number of methoxy groups -OCH3 is 1. The van der Waals surface area contributed by atoms with E-state index in [1.807, 2.05) is 0 Å². The molecule has 2 unspecified atom stereocenters. The summed E-state index contributed by atoms with van der Waals surface area (Å²) in [5, 5.41) is 23.1. The molecule has 0 aromatic rings. The third-order valence-electron chi connectivity index (χ3n) is 4.20. The predicted octanol–water partition coefficient (Wildman–Crippen LogP) is 0.151. The van der Waals surface area contributed by atoms with E-state index >= 15 is 0 Å². The lowest BCUT2D eigenvalue weighted by Gasteiger charge is -2.29. The molecule has 5 nitrogen and oxygen atoms in total. The lowest BCUT2D eigenvalue weighted by Crippen LogP contribution is -2.38. The van der Waals surface area contributed by atoms with Crippen LogP contribution in [0.4, 0.5) is 0 Å². The van der Waals surface area contributed by atoms with E-state index in [0.29, 0.717) is 32.7 Å². The molecule has 0 aliphatic heterocycles. The molecule has 0 saturated heterocycles. The van der Waals surface area contributed by atoms with E-state index in [1.165, 1.54) is 12.8 Å². The number of ether oxygens (including phenoxy) is 2. The van der Waals surface area contributed by atoms with Gasteiger partial charge in [0.2, 0.25) is 0 Å². The maximum atomic E-state index is 9.80. The highest BCUT2D eigenvalue weighted by atomic mass is 16.5. The zero-order valence-corrected chi connectivity index (χ0v) is 11.8. The van der Waals surface area contributed by atoms with Gasteiger partial charge in [0, 0.05) is 19.1 Å². The standard InChI is InChI=1S/C14H27NO4/c1-18-4-5-19-10-14(6-12(16)13(17)7-14)9-15-8-11-2-3-11/h11-13,15-17H,2-10H2,1H3. The summed E-state index contributed by atoms with van der Waals surface area (Å²) in [6, 6.07) is 0. The third-order valence-corrected chi connectivity index (χ3v) is 4.20. The highest BCUT2D eigenvalue weighted by Gasteiger charge is 2.44. The fourth-order valence-corrected chi connectivity index (χ4v) is 2.85. The Labute approximate surface area is 115 Å². The van der Waals surface area contributed by atoms with Crippen LogP contribution < -0.4 is 5.32 Å².